The van der Waals surface area contributed by atoms with Crippen LogP contribution in [0.15, 0.2) is 52.7 Å². The van der Waals surface area contributed by atoms with Crippen molar-refractivity contribution in [1.29, 1.82) is 10.5 Å². The van der Waals surface area contributed by atoms with Gasteiger partial charge in [-0.05, 0) is 49.2 Å². The molecular weight excluding hydrogens is 425 g/mol. The Bertz CT molecular complexity index is 1110. The molecule has 2 atom stereocenters. The number of carbonyl (C=O) groups is 2. The van der Waals surface area contributed by atoms with E-state index in [0.717, 1.165) is 0 Å². The minimum absolute atomic E-state index is 0.140. The lowest BCUT2D eigenvalue weighted by Gasteiger charge is -2.24. The van der Waals surface area contributed by atoms with Crippen molar-refractivity contribution in [2.75, 3.05) is 6.54 Å². The maximum absolute atomic E-state index is 13.3. The van der Waals surface area contributed by atoms with Crippen molar-refractivity contribution in [2.45, 2.75) is 25.3 Å². The first kappa shape index (κ1) is 23.5. The first-order valence-corrected chi connectivity index (χ1v) is 9.37. The Morgan fingerprint density at radius 2 is 1.90 bits per heavy atom. The first-order chi connectivity index (χ1) is 14.7. The topological polar surface area (TPSA) is 130 Å². The van der Waals surface area contributed by atoms with Gasteiger partial charge in [-0.25, -0.2) is 14.1 Å². The normalized spacial score (nSPS) is 13.6. The summed E-state index contributed by atoms with van der Waals surface area (Å²) in [6.45, 7) is 2.94. The second kappa shape index (κ2) is 9.79. The van der Waals surface area contributed by atoms with Crippen molar-refractivity contribution >= 4 is 29.3 Å². The summed E-state index contributed by atoms with van der Waals surface area (Å²) in [7, 11) is 0. The molecule has 0 radical (unpaired) electrons. The molecule has 0 aliphatic carbocycles. The Labute approximate surface area is 182 Å². The zero-order valence-electron chi connectivity index (χ0n) is 16.6. The van der Waals surface area contributed by atoms with Gasteiger partial charge >= 0.3 is 6.09 Å². The molecule has 0 bridgehead atoms. The van der Waals surface area contributed by atoms with E-state index in [2.05, 4.69) is 16.3 Å². The van der Waals surface area contributed by atoms with E-state index in [1.165, 1.54) is 43.3 Å². The van der Waals surface area contributed by atoms with Crippen LogP contribution in [0.25, 0.3) is 0 Å². The number of likely N-dealkylation sites (N-methyl/N-ethyl adjacent to an activating group) is 1. The van der Waals surface area contributed by atoms with E-state index in [9.17, 15) is 19.2 Å². The van der Waals surface area contributed by atoms with Crippen LogP contribution in [-0.4, -0.2) is 34.6 Å². The summed E-state index contributed by atoms with van der Waals surface area (Å²) in [6, 6.07) is 12.1. The Kier molecular flexibility index (Phi) is 7.41. The molecular formula is C21H17ClFN5O3. The Balaban J connectivity index is 2.34. The molecule has 2 aromatic carbocycles. The number of azo groups is 1. The Morgan fingerprint density at radius 3 is 2.39 bits per heavy atom. The molecule has 10 heteroatoms. The van der Waals surface area contributed by atoms with Gasteiger partial charge in [0.05, 0.1) is 11.8 Å². The van der Waals surface area contributed by atoms with Crippen LogP contribution in [0.1, 0.15) is 25.0 Å². The van der Waals surface area contributed by atoms with Gasteiger partial charge in [-0.15, -0.1) is 0 Å². The van der Waals surface area contributed by atoms with Crippen LogP contribution in [-0.2, 0) is 10.2 Å². The van der Waals surface area contributed by atoms with Gasteiger partial charge in [-0.2, -0.15) is 20.8 Å². The molecule has 8 nitrogen and oxygen atoms in total. The number of imide groups is 1. The Morgan fingerprint density at radius 1 is 1.26 bits per heavy atom. The molecule has 0 aromatic heterocycles. The predicted molar refractivity (Wildman–Crippen MR) is 109 cm³/mol. The molecule has 1 N–H and O–H groups in total. The number of benzene rings is 2. The minimum atomic E-state index is -1.64. The van der Waals surface area contributed by atoms with E-state index >= 15 is 0 Å². The van der Waals surface area contributed by atoms with Gasteiger partial charge in [0.1, 0.15) is 17.3 Å². The monoisotopic (exact) mass is 441 g/mol. The maximum atomic E-state index is 13.3. The second-order valence-electron chi connectivity index (χ2n) is 6.52. The molecule has 31 heavy (non-hydrogen) atoms. The molecule has 0 saturated heterocycles. The molecule has 0 fully saturated rings. The van der Waals surface area contributed by atoms with Crippen LogP contribution in [0.5, 0.6) is 0 Å². The fraction of sp³-hybridized carbons (Fsp3) is 0.238. The molecule has 2 aromatic rings. The summed E-state index contributed by atoms with van der Waals surface area (Å²) in [4.78, 5) is 23.6. The van der Waals surface area contributed by atoms with Gasteiger partial charge in [-0.3, -0.25) is 4.79 Å². The first-order valence-electron chi connectivity index (χ1n) is 9.00. The van der Waals surface area contributed by atoms with Gasteiger partial charge in [-0.1, -0.05) is 29.8 Å². The van der Waals surface area contributed by atoms with Crippen LogP contribution in [0.2, 0.25) is 5.02 Å². The summed E-state index contributed by atoms with van der Waals surface area (Å²) in [5.41, 5.74) is 0.00299. The number of nitrogens with zero attached hydrogens (tertiary/aromatic N) is 5. The van der Waals surface area contributed by atoms with E-state index in [-0.39, 0.29) is 17.3 Å². The number of halogens is 2. The highest BCUT2D eigenvalue weighted by atomic mass is 35.5. The average Bonchev–Trinajstić information content (AvgIpc) is 2.74. The van der Waals surface area contributed by atoms with E-state index in [4.69, 9.17) is 22.0 Å². The van der Waals surface area contributed by atoms with Gasteiger partial charge < -0.3 is 5.11 Å². The Hall–Kier alpha value is -3.82. The molecule has 0 aliphatic heterocycles. The van der Waals surface area contributed by atoms with Crippen LogP contribution < -0.4 is 0 Å². The van der Waals surface area contributed by atoms with Crippen molar-refractivity contribution in [1.82, 2.24) is 4.90 Å². The van der Waals surface area contributed by atoms with Crippen LogP contribution in [0.4, 0.5) is 14.9 Å². The van der Waals surface area contributed by atoms with Crippen molar-refractivity contribution in [3.8, 4) is 12.1 Å². The van der Waals surface area contributed by atoms with Crippen molar-refractivity contribution < 1.29 is 19.1 Å². The summed E-state index contributed by atoms with van der Waals surface area (Å²) in [5, 5.41) is 35.5. The number of hydrogen-bond donors (Lipinski definition) is 1. The largest absolute Gasteiger partial charge is 0.465 e. The summed E-state index contributed by atoms with van der Waals surface area (Å²) >= 11 is 6.36. The van der Waals surface area contributed by atoms with Crippen molar-refractivity contribution in [2.24, 2.45) is 10.2 Å². The second-order valence-corrected chi connectivity index (χ2v) is 6.93. The predicted octanol–water partition coefficient (Wildman–Crippen LogP) is 4.81. The van der Waals surface area contributed by atoms with Crippen LogP contribution in [0.3, 0.4) is 0 Å². The number of carboxylic acid groups (broad SMARTS) is 1. The van der Waals surface area contributed by atoms with Gasteiger partial charge in [0.2, 0.25) is 6.04 Å². The molecule has 0 saturated carbocycles. The fourth-order valence-electron chi connectivity index (χ4n) is 2.82. The van der Waals surface area contributed by atoms with Gasteiger partial charge in [0.15, 0.2) is 0 Å². The number of hydrogen-bond acceptors (Lipinski definition) is 6. The third kappa shape index (κ3) is 5.03. The van der Waals surface area contributed by atoms with Gasteiger partial charge in [0, 0.05) is 11.6 Å². The van der Waals surface area contributed by atoms with Crippen molar-refractivity contribution in [3.63, 3.8) is 0 Å². The highest BCUT2D eigenvalue weighted by molar-refractivity contribution is 6.31. The van der Waals surface area contributed by atoms with Crippen molar-refractivity contribution in [3.05, 3.63) is 64.4 Å². The number of rotatable bonds is 6. The third-order valence-electron chi connectivity index (χ3n) is 4.59. The molecule has 2 rings (SSSR count). The molecule has 158 valence electrons. The molecule has 0 heterocycles. The highest BCUT2D eigenvalue weighted by Gasteiger charge is 2.31. The number of carbonyl (C=O) groups excluding carboxylic acids is 1. The number of amides is 2. The van der Waals surface area contributed by atoms with E-state index in [1.807, 2.05) is 0 Å². The average molecular weight is 442 g/mol. The lowest BCUT2D eigenvalue weighted by molar-refractivity contribution is -0.129. The zero-order valence-corrected chi connectivity index (χ0v) is 17.3. The van der Waals surface area contributed by atoms with Crippen LogP contribution >= 0.6 is 11.6 Å². The lowest BCUT2D eigenvalue weighted by Crippen LogP contribution is -2.41. The third-order valence-corrected chi connectivity index (χ3v) is 4.91. The molecule has 2 amide bonds. The molecule has 2 unspecified atom stereocenters. The number of nitriles is 2. The fourth-order valence-corrected chi connectivity index (χ4v) is 3.19. The zero-order chi connectivity index (χ0) is 23.2. The van der Waals surface area contributed by atoms with Crippen LogP contribution in [0, 0.1) is 28.5 Å². The summed E-state index contributed by atoms with van der Waals surface area (Å²) in [5.74, 6) is -1.45. The standard InChI is InChI=1S/C21H17ClFN5O3/c1-3-28(20(30)31)19(29)18(11-24)27-26-15-8-9-16(17(22)10-15)21(2,12-25)13-4-6-14(23)7-5-13/h4-10,18H,3H2,1-2H3,(H,30,31). The maximum Gasteiger partial charge on any atom is 0.414 e. The SMILES string of the molecule is CCN(C(=O)O)C(=O)C(C#N)N=Nc1ccc(C(C)(C#N)c2ccc(F)cc2)c(Cl)c1. The summed E-state index contributed by atoms with van der Waals surface area (Å²) < 4.78 is 13.3. The minimum Gasteiger partial charge on any atom is -0.465 e. The summed E-state index contributed by atoms with van der Waals surface area (Å²) in [6.07, 6.45) is -1.49. The molecule has 0 spiro atoms. The highest BCUT2D eigenvalue weighted by Crippen LogP contribution is 2.37. The quantitative estimate of drug-likeness (QED) is 0.642. The smallest absolute Gasteiger partial charge is 0.414 e. The molecule has 0 aliphatic rings. The van der Waals surface area contributed by atoms with Gasteiger partial charge in [0.25, 0.3) is 5.91 Å². The van der Waals surface area contributed by atoms with E-state index in [1.54, 1.807) is 19.1 Å². The lowest BCUT2D eigenvalue weighted by atomic mass is 9.77. The van der Waals surface area contributed by atoms with E-state index in [0.29, 0.717) is 16.0 Å². The van der Waals surface area contributed by atoms with E-state index < -0.39 is 29.3 Å².